The molecule has 21 heavy (non-hydrogen) atoms. The summed E-state index contributed by atoms with van der Waals surface area (Å²) in [6.45, 7) is 8.62. The molecule has 5 atom stereocenters. The van der Waals surface area contributed by atoms with E-state index in [2.05, 4.69) is 20.8 Å². The minimum absolute atomic E-state index is 0.136. The van der Waals surface area contributed by atoms with Gasteiger partial charge in [-0.15, -0.1) is 0 Å². The van der Waals surface area contributed by atoms with Crippen molar-refractivity contribution in [3.05, 3.63) is 11.6 Å². The second-order valence-corrected chi connectivity index (χ2v) is 8.16. The molecule has 0 aliphatic heterocycles. The van der Waals surface area contributed by atoms with Crippen LogP contribution in [0.3, 0.4) is 0 Å². The summed E-state index contributed by atoms with van der Waals surface area (Å²) in [6.07, 6.45) is 8.05. The average molecular weight is 288 g/mol. The van der Waals surface area contributed by atoms with Gasteiger partial charge in [0.25, 0.3) is 0 Å². The lowest BCUT2D eigenvalue weighted by atomic mass is 9.47. The monoisotopic (exact) mass is 288 g/mol. The molecule has 3 aliphatic carbocycles. The van der Waals surface area contributed by atoms with Gasteiger partial charge in [-0.3, -0.25) is 9.59 Å². The van der Waals surface area contributed by atoms with Crippen molar-refractivity contribution < 1.29 is 9.59 Å². The number of carbonyl (C=O) groups is 2. The molecule has 0 amide bonds. The lowest BCUT2D eigenvalue weighted by Crippen LogP contribution is -2.51. The van der Waals surface area contributed by atoms with Crippen LogP contribution in [0.15, 0.2) is 11.6 Å². The highest BCUT2D eigenvalue weighted by Gasteiger charge is 2.54. The molecule has 0 N–H and O–H groups in total. The van der Waals surface area contributed by atoms with Crippen LogP contribution in [0.25, 0.3) is 0 Å². The Labute approximate surface area is 128 Å². The second kappa shape index (κ2) is 4.79. The van der Waals surface area contributed by atoms with Gasteiger partial charge in [-0.1, -0.05) is 26.3 Å². The summed E-state index contributed by atoms with van der Waals surface area (Å²) in [5, 5.41) is 0. The molecule has 116 valence electrons. The molecule has 2 heteroatoms. The smallest absolute Gasteiger partial charge is 0.155 e. The zero-order valence-corrected chi connectivity index (χ0v) is 13.9. The quantitative estimate of drug-likeness (QED) is 0.719. The zero-order valence-electron chi connectivity index (χ0n) is 13.9. The first kappa shape index (κ1) is 15.0. The Morgan fingerprint density at radius 3 is 2.57 bits per heavy atom. The molecule has 2 saturated carbocycles. The Hall–Kier alpha value is -0.920. The van der Waals surface area contributed by atoms with Gasteiger partial charge in [0, 0.05) is 11.8 Å². The molecule has 0 saturated heterocycles. The summed E-state index contributed by atoms with van der Waals surface area (Å²) in [4.78, 5) is 23.9. The SMILES string of the molecule is CC(=O)C1(C)CCC2C(CCC3=CC(=O)CCC32C)C1C. The third-order valence-corrected chi connectivity index (χ3v) is 7.47. The van der Waals surface area contributed by atoms with Gasteiger partial charge in [0.1, 0.15) is 5.78 Å². The molecule has 0 bridgehead atoms. The molecule has 3 aliphatic rings. The summed E-state index contributed by atoms with van der Waals surface area (Å²) in [5.74, 6) is 2.44. The van der Waals surface area contributed by atoms with Crippen LogP contribution >= 0.6 is 0 Å². The molecule has 2 fully saturated rings. The van der Waals surface area contributed by atoms with Crippen LogP contribution in [0.2, 0.25) is 0 Å². The summed E-state index contributed by atoms with van der Waals surface area (Å²) >= 11 is 0. The van der Waals surface area contributed by atoms with E-state index in [-0.39, 0.29) is 10.8 Å². The second-order valence-electron chi connectivity index (χ2n) is 8.16. The fraction of sp³-hybridized carbons (Fsp3) is 0.789. The maximum Gasteiger partial charge on any atom is 0.155 e. The number of Topliss-reactive ketones (excluding diaryl/α,β-unsaturated/α-hetero) is 1. The van der Waals surface area contributed by atoms with E-state index in [1.165, 1.54) is 5.57 Å². The number of allylic oxidation sites excluding steroid dienone is 2. The number of hydrogen-bond donors (Lipinski definition) is 0. The molecule has 0 spiro atoms. The zero-order chi connectivity index (χ0) is 15.4. The van der Waals surface area contributed by atoms with Gasteiger partial charge >= 0.3 is 0 Å². The summed E-state index contributed by atoms with van der Waals surface area (Å²) in [7, 11) is 0. The predicted octanol–water partition coefficient (Wildman–Crippen LogP) is 4.33. The van der Waals surface area contributed by atoms with E-state index < -0.39 is 0 Å². The van der Waals surface area contributed by atoms with Crippen molar-refractivity contribution in [1.82, 2.24) is 0 Å². The Bertz CT molecular complexity index is 518. The van der Waals surface area contributed by atoms with Crippen LogP contribution in [0.1, 0.15) is 66.2 Å². The Kier molecular flexibility index (Phi) is 3.42. The van der Waals surface area contributed by atoms with Gasteiger partial charge in [-0.2, -0.15) is 0 Å². The minimum Gasteiger partial charge on any atom is -0.299 e. The van der Waals surface area contributed by atoms with Gasteiger partial charge < -0.3 is 0 Å². The highest BCUT2D eigenvalue weighted by molar-refractivity contribution is 5.91. The molecule has 0 heterocycles. The molecular formula is C19H28O2. The fourth-order valence-electron chi connectivity index (χ4n) is 5.54. The van der Waals surface area contributed by atoms with Crippen LogP contribution in [0, 0.1) is 28.6 Å². The predicted molar refractivity (Wildman–Crippen MR) is 83.8 cm³/mol. The number of rotatable bonds is 1. The van der Waals surface area contributed by atoms with E-state index in [1.807, 2.05) is 6.08 Å². The lowest BCUT2D eigenvalue weighted by molar-refractivity contribution is -0.137. The average Bonchev–Trinajstić information content (AvgIpc) is 2.43. The molecule has 0 aromatic rings. The molecular weight excluding hydrogens is 260 g/mol. The van der Waals surface area contributed by atoms with Crippen molar-refractivity contribution in [2.24, 2.45) is 28.6 Å². The lowest BCUT2D eigenvalue weighted by Gasteiger charge is -2.57. The van der Waals surface area contributed by atoms with E-state index in [0.29, 0.717) is 35.7 Å². The highest BCUT2D eigenvalue weighted by atomic mass is 16.1. The van der Waals surface area contributed by atoms with Gasteiger partial charge in [0.2, 0.25) is 0 Å². The standard InChI is InChI=1S/C19H28O2/c1-12-16-6-5-14-11-15(21)7-9-19(14,4)17(16)8-10-18(12,3)13(2)20/h11-12,16-17H,5-10H2,1-4H3. The van der Waals surface area contributed by atoms with Crippen molar-refractivity contribution in [1.29, 1.82) is 0 Å². The maximum absolute atomic E-state index is 12.2. The van der Waals surface area contributed by atoms with E-state index in [1.54, 1.807) is 6.92 Å². The maximum atomic E-state index is 12.2. The van der Waals surface area contributed by atoms with Gasteiger partial charge in [0.05, 0.1) is 0 Å². The Balaban J connectivity index is 1.94. The summed E-state index contributed by atoms with van der Waals surface area (Å²) < 4.78 is 0. The third-order valence-electron chi connectivity index (χ3n) is 7.47. The largest absolute Gasteiger partial charge is 0.299 e. The van der Waals surface area contributed by atoms with E-state index >= 15 is 0 Å². The fourth-order valence-corrected chi connectivity index (χ4v) is 5.54. The summed E-state index contributed by atoms with van der Waals surface area (Å²) in [6, 6.07) is 0. The van der Waals surface area contributed by atoms with Gasteiger partial charge in [-0.25, -0.2) is 0 Å². The van der Waals surface area contributed by atoms with Crippen LogP contribution in [-0.4, -0.2) is 11.6 Å². The van der Waals surface area contributed by atoms with E-state index in [0.717, 1.165) is 32.1 Å². The van der Waals surface area contributed by atoms with Crippen molar-refractivity contribution in [2.75, 3.05) is 0 Å². The van der Waals surface area contributed by atoms with Gasteiger partial charge in [-0.05, 0) is 68.3 Å². The highest BCUT2D eigenvalue weighted by Crippen LogP contribution is 2.61. The number of carbonyl (C=O) groups excluding carboxylic acids is 2. The van der Waals surface area contributed by atoms with Crippen LogP contribution in [0.5, 0.6) is 0 Å². The van der Waals surface area contributed by atoms with Crippen molar-refractivity contribution >= 4 is 11.6 Å². The van der Waals surface area contributed by atoms with Crippen molar-refractivity contribution in [2.45, 2.75) is 66.2 Å². The molecule has 0 aromatic heterocycles. The molecule has 3 rings (SSSR count). The molecule has 0 aromatic carbocycles. The number of fused-ring (bicyclic) bond motifs is 3. The number of ketones is 2. The topological polar surface area (TPSA) is 34.1 Å². The van der Waals surface area contributed by atoms with E-state index in [4.69, 9.17) is 0 Å². The Morgan fingerprint density at radius 1 is 1.19 bits per heavy atom. The molecule has 0 radical (unpaired) electrons. The normalized spacial score (nSPS) is 46.4. The first-order chi connectivity index (χ1) is 9.79. The van der Waals surface area contributed by atoms with Crippen LogP contribution < -0.4 is 0 Å². The first-order valence-electron chi connectivity index (χ1n) is 8.54. The molecule has 5 unspecified atom stereocenters. The third kappa shape index (κ3) is 2.05. The van der Waals surface area contributed by atoms with Crippen molar-refractivity contribution in [3.63, 3.8) is 0 Å². The van der Waals surface area contributed by atoms with Crippen LogP contribution in [0.4, 0.5) is 0 Å². The first-order valence-corrected chi connectivity index (χ1v) is 8.54. The number of hydrogen-bond acceptors (Lipinski definition) is 2. The molecule has 2 nitrogen and oxygen atoms in total. The summed E-state index contributed by atoms with van der Waals surface area (Å²) in [5.41, 5.74) is 1.48. The van der Waals surface area contributed by atoms with Gasteiger partial charge in [0.15, 0.2) is 5.78 Å². The van der Waals surface area contributed by atoms with Crippen molar-refractivity contribution in [3.8, 4) is 0 Å². The Morgan fingerprint density at radius 2 is 1.90 bits per heavy atom. The minimum atomic E-state index is -0.136. The van der Waals surface area contributed by atoms with E-state index in [9.17, 15) is 9.59 Å². The van der Waals surface area contributed by atoms with Crippen LogP contribution in [-0.2, 0) is 9.59 Å².